The van der Waals surface area contributed by atoms with Crippen molar-refractivity contribution in [2.24, 2.45) is 0 Å². The highest BCUT2D eigenvalue weighted by Gasteiger charge is 2.41. The van der Waals surface area contributed by atoms with E-state index in [1.54, 1.807) is 6.20 Å². The van der Waals surface area contributed by atoms with Crippen LogP contribution in [0, 0.1) is 6.92 Å². The molecule has 0 unspecified atom stereocenters. The number of Topliss-reactive ketones (excluding diaryl/α,β-unsaturated/α-hetero) is 1. The summed E-state index contributed by atoms with van der Waals surface area (Å²) in [5.74, 6) is 0.447. The Labute approximate surface area is 122 Å². The van der Waals surface area contributed by atoms with E-state index in [2.05, 4.69) is 37.6 Å². The molecule has 0 radical (unpaired) electrons. The van der Waals surface area contributed by atoms with E-state index in [1.807, 2.05) is 13.0 Å². The zero-order chi connectivity index (χ0) is 15.3. The van der Waals surface area contributed by atoms with Gasteiger partial charge >= 0.3 is 0 Å². The maximum Gasteiger partial charge on any atom is 0.187 e. The van der Waals surface area contributed by atoms with Crippen LogP contribution >= 0.6 is 0 Å². The van der Waals surface area contributed by atoms with Crippen molar-refractivity contribution >= 4 is 11.6 Å². The molecule has 0 saturated heterocycles. The number of pyridine rings is 1. The van der Waals surface area contributed by atoms with Crippen LogP contribution in [0.15, 0.2) is 12.3 Å². The molecule has 1 heterocycles. The van der Waals surface area contributed by atoms with Crippen molar-refractivity contribution in [2.45, 2.75) is 53.0 Å². The van der Waals surface area contributed by atoms with Crippen LogP contribution in [0.1, 0.15) is 56.5 Å². The largest absolute Gasteiger partial charge is 0.383 e. The van der Waals surface area contributed by atoms with Gasteiger partial charge in [-0.15, -0.1) is 0 Å². The minimum Gasteiger partial charge on any atom is -0.383 e. The van der Waals surface area contributed by atoms with E-state index in [1.165, 1.54) is 0 Å². The van der Waals surface area contributed by atoms with Crippen LogP contribution in [0.2, 0.25) is 0 Å². The highest BCUT2D eigenvalue weighted by Crippen LogP contribution is 2.31. The first-order valence-electron chi connectivity index (χ1n) is 7.49. The van der Waals surface area contributed by atoms with Crippen molar-refractivity contribution in [3.8, 4) is 0 Å². The van der Waals surface area contributed by atoms with E-state index >= 15 is 0 Å². The second-order valence-electron chi connectivity index (χ2n) is 5.13. The minimum absolute atomic E-state index is 0.106. The molecule has 0 aliphatic carbocycles. The van der Waals surface area contributed by atoms with Gasteiger partial charge < -0.3 is 5.73 Å². The molecule has 0 spiro atoms. The van der Waals surface area contributed by atoms with Gasteiger partial charge in [0.15, 0.2) is 5.78 Å². The number of nitrogens with zero attached hydrogens (tertiary/aromatic N) is 2. The molecule has 0 aliphatic rings. The van der Waals surface area contributed by atoms with Gasteiger partial charge in [0.05, 0.1) is 11.1 Å². The molecular formula is C16H27N3O. The first-order valence-corrected chi connectivity index (χ1v) is 7.49. The van der Waals surface area contributed by atoms with Crippen LogP contribution in [-0.2, 0) is 0 Å². The number of carbonyl (C=O) groups is 1. The first-order chi connectivity index (χ1) is 9.48. The van der Waals surface area contributed by atoms with Gasteiger partial charge in [0.1, 0.15) is 5.82 Å². The van der Waals surface area contributed by atoms with E-state index in [0.717, 1.165) is 31.5 Å². The molecule has 0 atom stereocenters. The molecule has 0 aliphatic heterocycles. The minimum atomic E-state index is -0.481. The van der Waals surface area contributed by atoms with Crippen molar-refractivity contribution < 1.29 is 4.79 Å². The standard InChI is InChI=1S/C16H27N3O/c1-6-16(7-2,19(8-3)9-4)14(20)13-12(5)10-11-18-15(13)17/h10-11H,6-9H2,1-5H3,(H2,17,18). The Morgan fingerprint density at radius 2 is 1.80 bits per heavy atom. The molecule has 0 saturated carbocycles. The Morgan fingerprint density at radius 3 is 2.20 bits per heavy atom. The number of ketones is 1. The predicted octanol–water partition coefficient (Wildman–Crippen LogP) is 3.06. The fourth-order valence-corrected chi connectivity index (χ4v) is 3.10. The van der Waals surface area contributed by atoms with Crippen LogP contribution in [0.4, 0.5) is 5.82 Å². The molecule has 112 valence electrons. The predicted molar refractivity (Wildman–Crippen MR) is 84.0 cm³/mol. The quantitative estimate of drug-likeness (QED) is 0.778. The number of aryl methyl sites for hydroxylation is 1. The molecule has 0 fully saturated rings. The van der Waals surface area contributed by atoms with E-state index in [4.69, 9.17) is 5.73 Å². The molecular weight excluding hydrogens is 250 g/mol. The molecule has 0 amide bonds. The van der Waals surface area contributed by atoms with Crippen molar-refractivity contribution in [2.75, 3.05) is 18.8 Å². The molecule has 2 N–H and O–H groups in total. The van der Waals surface area contributed by atoms with Gasteiger partial charge in [-0.25, -0.2) is 4.98 Å². The summed E-state index contributed by atoms with van der Waals surface area (Å²) in [6.07, 6.45) is 3.20. The molecule has 1 aromatic rings. The fourth-order valence-electron chi connectivity index (χ4n) is 3.10. The lowest BCUT2D eigenvalue weighted by Gasteiger charge is -2.41. The van der Waals surface area contributed by atoms with Gasteiger partial charge in [0.2, 0.25) is 0 Å². The molecule has 1 aromatic heterocycles. The third kappa shape index (κ3) is 2.70. The lowest BCUT2D eigenvalue weighted by Crippen LogP contribution is -2.54. The normalized spacial score (nSPS) is 11.9. The summed E-state index contributed by atoms with van der Waals surface area (Å²) < 4.78 is 0. The summed E-state index contributed by atoms with van der Waals surface area (Å²) in [5, 5.41) is 0. The third-order valence-corrected chi connectivity index (χ3v) is 4.38. The van der Waals surface area contributed by atoms with Crippen LogP contribution in [0.5, 0.6) is 0 Å². The zero-order valence-electron chi connectivity index (χ0n) is 13.4. The Morgan fingerprint density at radius 1 is 1.25 bits per heavy atom. The molecule has 4 nitrogen and oxygen atoms in total. The number of nitrogens with two attached hydrogens (primary N) is 1. The number of nitrogen functional groups attached to an aromatic ring is 1. The second kappa shape index (κ2) is 6.84. The maximum absolute atomic E-state index is 13.2. The van der Waals surface area contributed by atoms with Gasteiger partial charge in [0, 0.05) is 6.20 Å². The first kappa shape index (κ1) is 16.6. The van der Waals surface area contributed by atoms with Crippen molar-refractivity contribution in [1.29, 1.82) is 0 Å². The number of rotatable bonds is 7. The van der Waals surface area contributed by atoms with E-state index in [9.17, 15) is 4.79 Å². The van der Waals surface area contributed by atoms with Crippen LogP contribution in [-0.4, -0.2) is 34.3 Å². The van der Waals surface area contributed by atoms with Gasteiger partial charge in [-0.1, -0.05) is 27.7 Å². The molecule has 0 bridgehead atoms. The van der Waals surface area contributed by atoms with Crippen molar-refractivity contribution in [1.82, 2.24) is 9.88 Å². The van der Waals surface area contributed by atoms with Crippen molar-refractivity contribution in [3.05, 3.63) is 23.4 Å². The third-order valence-electron chi connectivity index (χ3n) is 4.38. The highest BCUT2D eigenvalue weighted by atomic mass is 16.1. The Kier molecular flexibility index (Phi) is 5.69. The highest BCUT2D eigenvalue weighted by molar-refractivity contribution is 6.07. The number of anilines is 1. The van der Waals surface area contributed by atoms with E-state index in [0.29, 0.717) is 11.4 Å². The zero-order valence-corrected chi connectivity index (χ0v) is 13.4. The summed E-state index contributed by atoms with van der Waals surface area (Å²) in [5.41, 5.74) is 6.97. The number of hydrogen-bond donors (Lipinski definition) is 1. The summed E-state index contributed by atoms with van der Waals surface area (Å²) in [6, 6.07) is 1.85. The van der Waals surface area contributed by atoms with Gasteiger partial charge in [-0.2, -0.15) is 0 Å². The summed E-state index contributed by atoms with van der Waals surface area (Å²) in [4.78, 5) is 19.5. The molecule has 20 heavy (non-hydrogen) atoms. The number of aromatic nitrogens is 1. The molecule has 4 heteroatoms. The number of likely N-dealkylation sites (N-methyl/N-ethyl adjacent to an activating group) is 1. The number of hydrogen-bond acceptors (Lipinski definition) is 4. The summed E-state index contributed by atoms with van der Waals surface area (Å²) >= 11 is 0. The van der Waals surface area contributed by atoms with Crippen molar-refractivity contribution in [3.63, 3.8) is 0 Å². The van der Waals surface area contributed by atoms with Gasteiger partial charge in [-0.05, 0) is 44.5 Å². The fraction of sp³-hybridized carbons (Fsp3) is 0.625. The Bertz CT molecular complexity index is 443. The lowest BCUT2D eigenvalue weighted by molar-refractivity contribution is 0.0535. The average Bonchev–Trinajstić information content (AvgIpc) is 2.44. The average molecular weight is 277 g/mol. The van der Waals surface area contributed by atoms with Crippen LogP contribution < -0.4 is 5.73 Å². The molecule has 1 rings (SSSR count). The topological polar surface area (TPSA) is 59.2 Å². The van der Waals surface area contributed by atoms with E-state index < -0.39 is 5.54 Å². The summed E-state index contributed by atoms with van der Waals surface area (Å²) in [6.45, 7) is 12.0. The molecule has 0 aromatic carbocycles. The monoisotopic (exact) mass is 277 g/mol. The lowest BCUT2D eigenvalue weighted by atomic mass is 9.81. The van der Waals surface area contributed by atoms with Crippen LogP contribution in [0.25, 0.3) is 0 Å². The Balaban J connectivity index is 3.38. The summed E-state index contributed by atoms with van der Waals surface area (Å²) in [7, 11) is 0. The Hall–Kier alpha value is -1.42. The maximum atomic E-state index is 13.2. The second-order valence-corrected chi connectivity index (χ2v) is 5.13. The SMILES string of the molecule is CCN(CC)C(CC)(CC)C(=O)c1c(C)ccnc1N. The van der Waals surface area contributed by atoms with Gasteiger partial charge in [-0.3, -0.25) is 9.69 Å². The van der Waals surface area contributed by atoms with Crippen LogP contribution in [0.3, 0.4) is 0 Å². The van der Waals surface area contributed by atoms with E-state index in [-0.39, 0.29) is 5.78 Å². The van der Waals surface area contributed by atoms with Gasteiger partial charge in [0.25, 0.3) is 0 Å². The smallest absolute Gasteiger partial charge is 0.187 e. The number of carbonyl (C=O) groups excluding carboxylic acids is 1.